The summed E-state index contributed by atoms with van der Waals surface area (Å²) < 4.78 is 5.52. The van der Waals surface area contributed by atoms with Crippen molar-refractivity contribution in [3.8, 4) is 5.75 Å². The quantitative estimate of drug-likeness (QED) is 0.741. The average molecular weight is 254 g/mol. The summed E-state index contributed by atoms with van der Waals surface area (Å²) in [5, 5.41) is 3.45. The van der Waals surface area contributed by atoms with Gasteiger partial charge in [0.15, 0.2) is 0 Å². The highest BCUT2D eigenvalue weighted by Crippen LogP contribution is 2.32. The number of ether oxygens (including phenoxy) is 1. The molecule has 0 spiro atoms. The number of hydrogen-bond donors (Lipinski definition) is 1. The molecule has 1 N–H and O–H groups in total. The number of benzene rings is 1. The largest absolute Gasteiger partial charge is 0.494 e. The molecule has 17 heavy (non-hydrogen) atoms. The van der Waals surface area contributed by atoms with E-state index >= 15 is 0 Å². The highest BCUT2D eigenvalue weighted by molar-refractivity contribution is 6.17. The highest BCUT2D eigenvalue weighted by Gasteiger charge is 2.20. The van der Waals surface area contributed by atoms with Gasteiger partial charge in [-0.05, 0) is 37.5 Å². The Bertz CT molecular complexity index is 363. The minimum Gasteiger partial charge on any atom is -0.494 e. The fraction of sp³-hybridized carbons (Fsp3) is 0.571. The van der Waals surface area contributed by atoms with Gasteiger partial charge in [-0.1, -0.05) is 12.8 Å². The maximum Gasteiger partial charge on any atom is 0.123 e. The van der Waals surface area contributed by atoms with Crippen molar-refractivity contribution in [2.45, 2.75) is 32.1 Å². The molecule has 1 aliphatic carbocycles. The normalized spacial score (nSPS) is 14.7. The summed E-state index contributed by atoms with van der Waals surface area (Å²) in [7, 11) is 0. The van der Waals surface area contributed by atoms with Crippen molar-refractivity contribution in [2.24, 2.45) is 5.92 Å². The highest BCUT2D eigenvalue weighted by atomic mass is 35.5. The lowest BCUT2D eigenvalue weighted by Gasteiger charge is -2.11. The van der Waals surface area contributed by atoms with E-state index in [0.717, 1.165) is 29.5 Å². The molecule has 0 unspecified atom stereocenters. The average Bonchev–Trinajstić information content (AvgIpc) is 3.15. The van der Waals surface area contributed by atoms with Crippen LogP contribution in [0.5, 0.6) is 5.75 Å². The van der Waals surface area contributed by atoms with Crippen LogP contribution in [0.1, 0.15) is 31.7 Å². The van der Waals surface area contributed by atoms with E-state index in [1.54, 1.807) is 0 Å². The Labute approximate surface area is 108 Å². The van der Waals surface area contributed by atoms with Crippen LogP contribution in [-0.4, -0.2) is 13.2 Å². The Kier molecular flexibility index (Phi) is 4.55. The molecule has 0 atom stereocenters. The van der Waals surface area contributed by atoms with E-state index < -0.39 is 0 Å². The van der Waals surface area contributed by atoms with Gasteiger partial charge in [0.05, 0.1) is 12.5 Å². The molecule has 0 saturated heterocycles. The zero-order valence-electron chi connectivity index (χ0n) is 10.3. The molecule has 2 nitrogen and oxygen atoms in total. The molecule has 94 valence electrons. The Morgan fingerprint density at radius 2 is 2.24 bits per heavy atom. The van der Waals surface area contributed by atoms with Gasteiger partial charge in [-0.3, -0.25) is 0 Å². The fourth-order valence-electron chi connectivity index (χ4n) is 1.92. The summed E-state index contributed by atoms with van der Waals surface area (Å²) in [5.74, 6) is 2.36. The van der Waals surface area contributed by atoms with E-state index in [1.807, 2.05) is 13.0 Å². The third kappa shape index (κ3) is 3.81. The maximum absolute atomic E-state index is 5.93. The molecule has 0 amide bonds. The molecule has 0 aromatic heterocycles. The van der Waals surface area contributed by atoms with E-state index in [2.05, 4.69) is 17.4 Å². The molecule has 1 aliphatic rings. The van der Waals surface area contributed by atoms with Gasteiger partial charge < -0.3 is 10.1 Å². The van der Waals surface area contributed by atoms with E-state index in [1.165, 1.54) is 19.3 Å². The first-order valence-corrected chi connectivity index (χ1v) is 6.92. The molecule has 0 heterocycles. The van der Waals surface area contributed by atoms with Crippen LogP contribution in [0.25, 0.3) is 0 Å². The van der Waals surface area contributed by atoms with E-state index in [0.29, 0.717) is 12.5 Å². The van der Waals surface area contributed by atoms with Crippen molar-refractivity contribution < 1.29 is 4.74 Å². The van der Waals surface area contributed by atoms with Gasteiger partial charge in [-0.2, -0.15) is 0 Å². The lowest BCUT2D eigenvalue weighted by Crippen LogP contribution is -2.03. The molecule has 0 aliphatic heterocycles. The minimum atomic E-state index is 0.494. The van der Waals surface area contributed by atoms with Crippen molar-refractivity contribution in [1.82, 2.24) is 0 Å². The summed E-state index contributed by atoms with van der Waals surface area (Å²) in [5.41, 5.74) is 2.20. The monoisotopic (exact) mass is 253 g/mol. The SMILES string of the molecule is CCOc1ccc(NCCC2CC2)cc1CCl. The van der Waals surface area contributed by atoms with Gasteiger partial charge >= 0.3 is 0 Å². The van der Waals surface area contributed by atoms with Crippen LogP contribution in [-0.2, 0) is 5.88 Å². The molecule has 2 rings (SSSR count). The van der Waals surface area contributed by atoms with E-state index in [4.69, 9.17) is 16.3 Å². The molecule has 0 radical (unpaired) electrons. The van der Waals surface area contributed by atoms with Gasteiger partial charge in [0.1, 0.15) is 5.75 Å². The summed E-state index contributed by atoms with van der Waals surface area (Å²) in [4.78, 5) is 0. The summed E-state index contributed by atoms with van der Waals surface area (Å²) in [6, 6.07) is 6.15. The number of alkyl halides is 1. The van der Waals surface area contributed by atoms with Crippen molar-refractivity contribution in [3.63, 3.8) is 0 Å². The molecular formula is C14H20ClNO. The summed E-state index contributed by atoms with van der Waals surface area (Å²) in [6.07, 6.45) is 4.11. The number of nitrogens with one attached hydrogen (secondary N) is 1. The lowest BCUT2D eigenvalue weighted by molar-refractivity contribution is 0.337. The number of hydrogen-bond acceptors (Lipinski definition) is 2. The van der Waals surface area contributed by atoms with Crippen molar-refractivity contribution in [3.05, 3.63) is 23.8 Å². The topological polar surface area (TPSA) is 21.3 Å². The first-order valence-electron chi connectivity index (χ1n) is 6.39. The van der Waals surface area contributed by atoms with Crippen molar-refractivity contribution in [1.29, 1.82) is 0 Å². The van der Waals surface area contributed by atoms with Crippen LogP contribution in [0.2, 0.25) is 0 Å². The molecule has 0 bridgehead atoms. The summed E-state index contributed by atoms with van der Waals surface area (Å²) >= 11 is 5.93. The Balaban J connectivity index is 1.92. The summed E-state index contributed by atoms with van der Waals surface area (Å²) in [6.45, 7) is 3.72. The number of halogens is 1. The maximum atomic E-state index is 5.93. The van der Waals surface area contributed by atoms with Gasteiger partial charge in [-0.25, -0.2) is 0 Å². The van der Waals surface area contributed by atoms with E-state index in [-0.39, 0.29) is 0 Å². The van der Waals surface area contributed by atoms with E-state index in [9.17, 15) is 0 Å². The fourth-order valence-corrected chi connectivity index (χ4v) is 2.13. The second-order valence-corrected chi connectivity index (χ2v) is 4.82. The molecule has 1 saturated carbocycles. The van der Waals surface area contributed by atoms with Crippen LogP contribution in [0.3, 0.4) is 0 Å². The first kappa shape index (κ1) is 12.6. The zero-order chi connectivity index (χ0) is 12.1. The molecule has 1 aromatic carbocycles. The van der Waals surface area contributed by atoms with Crippen LogP contribution in [0, 0.1) is 5.92 Å². The van der Waals surface area contributed by atoms with Crippen LogP contribution < -0.4 is 10.1 Å². The van der Waals surface area contributed by atoms with Crippen LogP contribution in [0.4, 0.5) is 5.69 Å². The Hall–Kier alpha value is -0.890. The third-order valence-electron chi connectivity index (χ3n) is 3.08. The van der Waals surface area contributed by atoms with Gasteiger partial charge in [0, 0.05) is 17.8 Å². The molecule has 1 aromatic rings. The second kappa shape index (κ2) is 6.15. The standard InChI is InChI=1S/C14H20ClNO/c1-2-17-14-6-5-13(9-12(14)10-15)16-8-7-11-3-4-11/h5-6,9,11,16H,2-4,7-8,10H2,1H3. The van der Waals surface area contributed by atoms with Crippen molar-refractivity contribution in [2.75, 3.05) is 18.5 Å². The minimum absolute atomic E-state index is 0.494. The molecule has 1 fully saturated rings. The lowest BCUT2D eigenvalue weighted by atomic mass is 10.2. The predicted octanol–water partition coefficient (Wildman–Crippen LogP) is 4.04. The Morgan fingerprint density at radius 1 is 1.41 bits per heavy atom. The zero-order valence-corrected chi connectivity index (χ0v) is 11.1. The van der Waals surface area contributed by atoms with Gasteiger partial charge in [0.25, 0.3) is 0 Å². The number of rotatable bonds is 7. The Morgan fingerprint density at radius 3 is 2.88 bits per heavy atom. The molecule has 3 heteroatoms. The van der Waals surface area contributed by atoms with Crippen LogP contribution >= 0.6 is 11.6 Å². The van der Waals surface area contributed by atoms with Gasteiger partial charge in [0.2, 0.25) is 0 Å². The third-order valence-corrected chi connectivity index (χ3v) is 3.37. The molecular weight excluding hydrogens is 234 g/mol. The van der Waals surface area contributed by atoms with Gasteiger partial charge in [-0.15, -0.1) is 11.6 Å². The predicted molar refractivity (Wildman–Crippen MR) is 73.0 cm³/mol. The first-order chi connectivity index (χ1) is 8.33. The van der Waals surface area contributed by atoms with Crippen molar-refractivity contribution >= 4 is 17.3 Å². The second-order valence-electron chi connectivity index (χ2n) is 4.55. The number of anilines is 1. The van der Waals surface area contributed by atoms with Crippen LogP contribution in [0.15, 0.2) is 18.2 Å². The smallest absolute Gasteiger partial charge is 0.123 e.